The highest BCUT2D eigenvalue weighted by Crippen LogP contribution is 2.39. The Morgan fingerprint density at radius 1 is 1.16 bits per heavy atom. The van der Waals surface area contributed by atoms with Gasteiger partial charge in [-0.15, -0.1) is 0 Å². The quantitative estimate of drug-likeness (QED) is 0.674. The van der Waals surface area contributed by atoms with Gasteiger partial charge in [-0.2, -0.15) is 13.2 Å². The fourth-order valence-electron chi connectivity index (χ4n) is 3.31. The first-order chi connectivity index (χ1) is 14.7. The first-order valence-electron chi connectivity index (χ1n) is 9.99. The minimum absolute atomic E-state index is 0.103. The maximum Gasteiger partial charge on any atom is 0.416 e. The summed E-state index contributed by atoms with van der Waals surface area (Å²) in [5, 5.41) is 0. The molecular formula is C22H25F3N2O4S. The molecule has 1 aliphatic rings. The Morgan fingerprint density at radius 3 is 2.47 bits per heavy atom. The molecule has 0 bridgehead atoms. The molecule has 0 saturated heterocycles. The maximum absolute atomic E-state index is 13.1. The van der Waals surface area contributed by atoms with Crippen molar-refractivity contribution < 1.29 is 31.1 Å². The molecule has 2 aromatic carbocycles. The summed E-state index contributed by atoms with van der Waals surface area (Å²) in [6.07, 6.45) is -4.67. The SMILES string of the molecule is CC(C)CN1C(=O)C(C)(C)COc2ccc(NS(=O)(=O)c3cccc(C(F)(F)F)c3)cc21. The number of alkyl halides is 3. The van der Waals surface area contributed by atoms with Crippen molar-refractivity contribution in [1.29, 1.82) is 0 Å². The van der Waals surface area contributed by atoms with E-state index in [1.807, 2.05) is 13.8 Å². The molecule has 0 radical (unpaired) electrons. The van der Waals surface area contributed by atoms with Crippen LogP contribution in [0.25, 0.3) is 0 Å². The third-order valence-electron chi connectivity index (χ3n) is 4.93. The molecule has 2 aromatic rings. The van der Waals surface area contributed by atoms with Crippen molar-refractivity contribution >= 4 is 27.3 Å². The molecule has 0 atom stereocenters. The summed E-state index contributed by atoms with van der Waals surface area (Å²) in [5.74, 6) is 0.389. The molecule has 0 spiro atoms. The predicted octanol–water partition coefficient (Wildman–Crippen LogP) is 4.91. The van der Waals surface area contributed by atoms with Crippen LogP contribution in [-0.2, 0) is 21.0 Å². The van der Waals surface area contributed by atoms with Gasteiger partial charge in [0, 0.05) is 6.54 Å². The van der Waals surface area contributed by atoms with Crippen LogP contribution in [0.1, 0.15) is 33.3 Å². The van der Waals surface area contributed by atoms with Gasteiger partial charge in [0.05, 0.1) is 27.2 Å². The zero-order valence-corrected chi connectivity index (χ0v) is 19.0. The van der Waals surface area contributed by atoms with E-state index in [9.17, 15) is 26.4 Å². The van der Waals surface area contributed by atoms with Crippen LogP contribution in [0.5, 0.6) is 5.75 Å². The van der Waals surface area contributed by atoms with Crippen LogP contribution >= 0.6 is 0 Å². The van der Waals surface area contributed by atoms with Crippen LogP contribution in [0.15, 0.2) is 47.4 Å². The largest absolute Gasteiger partial charge is 0.490 e. The molecule has 1 aliphatic heterocycles. The first-order valence-corrected chi connectivity index (χ1v) is 11.5. The second-order valence-corrected chi connectivity index (χ2v) is 10.5. The van der Waals surface area contributed by atoms with Crippen LogP contribution in [0.2, 0.25) is 0 Å². The van der Waals surface area contributed by atoms with Crippen molar-refractivity contribution in [1.82, 2.24) is 0 Å². The van der Waals surface area contributed by atoms with E-state index in [0.717, 1.165) is 18.2 Å². The molecule has 1 N–H and O–H groups in total. The average molecular weight is 471 g/mol. The van der Waals surface area contributed by atoms with E-state index in [2.05, 4.69) is 4.72 Å². The van der Waals surface area contributed by atoms with Gasteiger partial charge in [-0.25, -0.2) is 8.42 Å². The van der Waals surface area contributed by atoms with E-state index < -0.39 is 32.1 Å². The van der Waals surface area contributed by atoms with Crippen LogP contribution < -0.4 is 14.4 Å². The normalized spacial score (nSPS) is 16.4. The molecule has 0 saturated carbocycles. The van der Waals surface area contributed by atoms with Crippen molar-refractivity contribution in [2.24, 2.45) is 11.3 Å². The Balaban J connectivity index is 1.99. The number of anilines is 2. The summed E-state index contributed by atoms with van der Waals surface area (Å²) >= 11 is 0. The number of nitrogens with zero attached hydrogens (tertiary/aromatic N) is 1. The lowest BCUT2D eigenvalue weighted by molar-refractivity contribution is -0.137. The van der Waals surface area contributed by atoms with E-state index in [0.29, 0.717) is 24.0 Å². The Labute approximate surface area is 185 Å². The van der Waals surface area contributed by atoms with Gasteiger partial charge in [-0.05, 0) is 56.2 Å². The second-order valence-electron chi connectivity index (χ2n) is 8.80. The molecule has 1 amide bonds. The van der Waals surface area contributed by atoms with Crippen LogP contribution in [-0.4, -0.2) is 27.5 Å². The lowest BCUT2D eigenvalue weighted by Crippen LogP contribution is -2.43. The molecule has 3 rings (SSSR count). The van der Waals surface area contributed by atoms with Gasteiger partial charge in [0.2, 0.25) is 5.91 Å². The van der Waals surface area contributed by atoms with Gasteiger partial charge >= 0.3 is 6.18 Å². The minimum atomic E-state index is -4.67. The predicted molar refractivity (Wildman–Crippen MR) is 115 cm³/mol. The number of hydrogen-bond acceptors (Lipinski definition) is 4. The highest BCUT2D eigenvalue weighted by molar-refractivity contribution is 7.92. The molecule has 1 heterocycles. The van der Waals surface area contributed by atoms with Gasteiger partial charge in [-0.1, -0.05) is 19.9 Å². The number of halogens is 3. The van der Waals surface area contributed by atoms with E-state index in [1.165, 1.54) is 12.1 Å². The lowest BCUT2D eigenvalue weighted by Gasteiger charge is -2.29. The molecule has 0 unspecified atom stereocenters. The Morgan fingerprint density at radius 2 is 1.84 bits per heavy atom. The van der Waals surface area contributed by atoms with Gasteiger partial charge in [0.1, 0.15) is 12.4 Å². The summed E-state index contributed by atoms with van der Waals surface area (Å²) < 4.78 is 72.6. The van der Waals surface area contributed by atoms with Crippen molar-refractivity contribution in [3.8, 4) is 5.75 Å². The van der Waals surface area contributed by atoms with Crippen LogP contribution in [0.4, 0.5) is 24.5 Å². The topological polar surface area (TPSA) is 75.7 Å². The monoisotopic (exact) mass is 470 g/mol. The van der Waals surface area contributed by atoms with Crippen molar-refractivity contribution in [2.45, 2.75) is 38.8 Å². The molecule has 6 nitrogen and oxygen atoms in total. The molecule has 10 heteroatoms. The Kier molecular flexibility index (Phi) is 6.21. The number of amides is 1. The number of nitrogens with one attached hydrogen (secondary N) is 1. The zero-order chi connectivity index (χ0) is 23.9. The van der Waals surface area contributed by atoms with Gasteiger partial charge in [-0.3, -0.25) is 9.52 Å². The van der Waals surface area contributed by atoms with E-state index in [4.69, 9.17) is 4.74 Å². The standard InChI is InChI=1S/C22H25F3N2O4S/c1-14(2)12-27-18-11-16(8-9-19(18)31-13-21(3,4)20(27)28)26-32(29,30)17-7-5-6-15(10-17)22(23,24)25/h5-11,14,26H,12-13H2,1-4H3. The highest BCUT2D eigenvalue weighted by Gasteiger charge is 2.38. The van der Waals surface area contributed by atoms with Gasteiger partial charge in [0.25, 0.3) is 10.0 Å². The number of hydrogen-bond donors (Lipinski definition) is 1. The van der Waals surface area contributed by atoms with Crippen LogP contribution in [0, 0.1) is 11.3 Å². The number of fused-ring (bicyclic) bond motifs is 1. The first kappa shape index (κ1) is 23.9. The minimum Gasteiger partial charge on any atom is -0.490 e. The summed E-state index contributed by atoms with van der Waals surface area (Å²) in [6, 6.07) is 7.94. The number of benzene rings is 2. The van der Waals surface area contributed by atoms with E-state index in [-0.39, 0.29) is 24.1 Å². The van der Waals surface area contributed by atoms with Crippen molar-refractivity contribution in [3.63, 3.8) is 0 Å². The van der Waals surface area contributed by atoms with Crippen molar-refractivity contribution in [3.05, 3.63) is 48.0 Å². The van der Waals surface area contributed by atoms with Crippen LogP contribution in [0.3, 0.4) is 0 Å². The lowest BCUT2D eigenvalue weighted by atomic mass is 9.92. The highest BCUT2D eigenvalue weighted by atomic mass is 32.2. The average Bonchev–Trinajstić information content (AvgIpc) is 2.77. The number of carbonyl (C=O) groups is 1. The fraction of sp³-hybridized carbons (Fsp3) is 0.409. The second kappa shape index (κ2) is 8.31. The number of sulfonamides is 1. The maximum atomic E-state index is 13.1. The summed E-state index contributed by atoms with van der Waals surface area (Å²) in [6.45, 7) is 7.99. The zero-order valence-electron chi connectivity index (χ0n) is 18.2. The van der Waals surface area contributed by atoms with E-state index >= 15 is 0 Å². The Hall–Kier alpha value is -2.75. The molecule has 174 valence electrons. The van der Waals surface area contributed by atoms with Gasteiger partial charge in [0.15, 0.2) is 0 Å². The van der Waals surface area contributed by atoms with E-state index in [1.54, 1.807) is 24.8 Å². The number of carbonyl (C=O) groups excluding carboxylic acids is 1. The smallest absolute Gasteiger partial charge is 0.416 e. The summed E-state index contributed by atoms with van der Waals surface area (Å²) in [7, 11) is -4.30. The van der Waals surface area contributed by atoms with Crippen molar-refractivity contribution in [2.75, 3.05) is 22.8 Å². The molecule has 0 fully saturated rings. The summed E-state index contributed by atoms with van der Waals surface area (Å²) in [5.41, 5.74) is -1.35. The Bertz CT molecular complexity index is 1130. The fourth-order valence-corrected chi connectivity index (χ4v) is 4.40. The third kappa shape index (κ3) is 5.01. The van der Waals surface area contributed by atoms with Gasteiger partial charge < -0.3 is 9.64 Å². The third-order valence-corrected chi connectivity index (χ3v) is 6.31. The number of ether oxygens (including phenoxy) is 1. The molecule has 0 aromatic heterocycles. The summed E-state index contributed by atoms with van der Waals surface area (Å²) in [4.78, 5) is 14.2. The number of rotatable bonds is 5. The molecular weight excluding hydrogens is 445 g/mol. The molecule has 32 heavy (non-hydrogen) atoms. The molecule has 0 aliphatic carbocycles.